The molecule has 148 valence electrons. The van der Waals surface area contributed by atoms with Gasteiger partial charge in [0.05, 0.1) is 0 Å². The zero-order valence-electron chi connectivity index (χ0n) is 16.2. The molecule has 0 saturated carbocycles. The van der Waals surface area contributed by atoms with E-state index in [1.165, 1.54) is 0 Å². The molecule has 0 atom stereocenters. The van der Waals surface area contributed by atoms with E-state index in [4.69, 9.17) is 0 Å². The minimum Gasteiger partial charge on any atom is -0.343 e. The first-order valence-corrected chi connectivity index (χ1v) is 10.0. The number of likely N-dealkylation sites (tertiary alicyclic amines) is 2. The van der Waals surface area contributed by atoms with Crippen molar-refractivity contribution in [1.82, 2.24) is 19.8 Å². The zero-order chi connectivity index (χ0) is 19.7. The Morgan fingerprint density at radius 3 is 2.43 bits per heavy atom. The van der Waals surface area contributed by atoms with E-state index in [9.17, 15) is 14.4 Å². The molecule has 0 aliphatic carbocycles. The van der Waals surface area contributed by atoms with E-state index in [0.29, 0.717) is 31.7 Å². The number of aromatic nitrogens is 2. The lowest BCUT2D eigenvalue weighted by atomic mass is 9.90. The van der Waals surface area contributed by atoms with Gasteiger partial charge in [-0.05, 0) is 37.8 Å². The zero-order valence-corrected chi connectivity index (χ0v) is 16.2. The maximum atomic E-state index is 12.9. The summed E-state index contributed by atoms with van der Waals surface area (Å²) in [6.45, 7) is 4.36. The van der Waals surface area contributed by atoms with Crippen molar-refractivity contribution < 1.29 is 9.59 Å². The third-order valence-electron chi connectivity index (χ3n) is 6.16. The Labute approximate surface area is 163 Å². The van der Waals surface area contributed by atoms with Crippen LogP contribution in [-0.2, 0) is 9.59 Å². The normalized spacial score (nSPS) is 19.2. The van der Waals surface area contributed by atoms with Gasteiger partial charge < -0.3 is 14.8 Å². The van der Waals surface area contributed by atoms with Crippen LogP contribution in [0, 0.1) is 5.92 Å². The molecule has 2 aromatic rings. The minimum atomic E-state index is -0.149. The van der Waals surface area contributed by atoms with E-state index >= 15 is 0 Å². The van der Waals surface area contributed by atoms with Crippen LogP contribution in [-0.4, -0.2) is 57.8 Å². The van der Waals surface area contributed by atoms with Gasteiger partial charge in [-0.2, -0.15) is 0 Å². The van der Waals surface area contributed by atoms with Crippen LogP contribution in [0.2, 0.25) is 0 Å². The van der Waals surface area contributed by atoms with Crippen molar-refractivity contribution >= 4 is 22.7 Å². The molecule has 2 fully saturated rings. The van der Waals surface area contributed by atoms with E-state index in [1.54, 1.807) is 13.1 Å². The Balaban J connectivity index is 1.38. The number of nitrogens with one attached hydrogen (secondary N) is 1. The second kappa shape index (κ2) is 7.73. The first-order valence-electron chi connectivity index (χ1n) is 10.0. The molecule has 1 N–H and O–H groups in total. The maximum Gasteiger partial charge on any atom is 0.274 e. The average Bonchev–Trinajstić information content (AvgIpc) is 2.73. The fourth-order valence-electron chi connectivity index (χ4n) is 4.45. The van der Waals surface area contributed by atoms with Gasteiger partial charge in [-0.3, -0.25) is 19.4 Å². The lowest BCUT2D eigenvalue weighted by Gasteiger charge is -2.37. The molecule has 2 aliphatic rings. The van der Waals surface area contributed by atoms with Gasteiger partial charge in [-0.25, -0.2) is 0 Å². The van der Waals surface area contributed by atoms with Gasteiger partial charge in [-0.15, -0.1) is 0 Å². The van der Waals surface area contributed by atoms with E-state index < -0.39 is 0 Å². The van der Waals surface area contributed by atoms with Crippen molar-refractivity contribution in [3.05, 3.63) is 40.4 Å². The molecular formula is C21H26N4O3. The molecular weight excluding hydrogens is 356 g/mol. The van der Waals surface area contributed by atoms with E-state index in [-0.39, 0.29) is 29.2 Å². The predicted molar refractivity (Wildman–Crippen MR) is 106 cm³/mol. The summed E-state index contributed by atoms with van der Waals surface area (Å²) >= 11 is 0. The fraction of sp³-hybridized carbons (Fsp3) is 0.524. The van der Waals surface area contributed by atoms with Crippen LogP contribution in [0.25, 0.3) is 10.9 Å². The summed E-state index contributed by atoms with van der Waals surface area (Å²) < 4.78 is 0. The van der Waals surface area contributed by atoms with Gasteiger partial charge in [0.15, 0.2) is 0 Å². The molecule has 0 aromatic carbocycles. The van der Waals surface area contributed by atoms with Gasteiger partial charge in [0.1, 0.15) is 5.52 Å². The van der Waals surface area contributed by atoms with Crippen LogP contribution >= 0.6 is 0 Å². The van der Waals surface area contributed by atoms with Crippen molar-refractivity contribution in [3.8, 4) is 0 Å². The molecule has 4 rings (SSSR count). The number of piperidine rings is 2. The highest BCUT2D eigenvalue weighted by atomic mass is 16.2. The molecule has 7 nitrogen and oxygen atoms in total. The molecule has 0 radical (unpaired) electrons. The number of aromatic amines is 1. The quantitative estimate of drug-likeness (QED) is 0.859. The molecule has 4 heterocycles. The van der Waals surface area contributed by atoms with Crippen molar-refractivity contribution in [2.24, 2.45) is 5.92 Å². The summed E-state index contributed by atoms with van der Waals surface area (Å²) in [4.78, 5) is 47.5. The van der Waals surface area contributed by atoms with Crippen LogP contribution in [0.1, 0.15) is 44.2 Å². The number of carbonyl (C=O) groups excluding carboxylic acids is 2. The first kappa shape index (κ1) is 18.7. The van der Waals surface area contributed by atoms with Gasteiger partial charge >= 0.3 is 0 Å². The number of H-pyrrole nitrogens is 1. The SMILES string of the molecule is CC(=O)N1CCC(C(=O)N2CCC(c3cc4cccnc4c(=O)[nH]3)CC2)CC1. The lowest BCUT2D eigenvalue weighted by molar-refractivity contribution is -0.140. The molecule has 0 unspecified atom stereocenters. The van der Waals surface area contributed by atoms with Crippen LogP contribution in [0.4, 0.5) is 0 Å². The first-order chi connectivity index (χ1) is 13.5. The smallest absolute Gasteiger partial charge is 0.274 e. The Morgan fingerprint density at radius 2 is 1.75 bits per heavy atom. The highest BCUT2D eigenvalue weighted by molar-refractivity contribution is 5.80. The van der Waals surface area contributed by atoms with E-state index in [2.05, 4.69) is 9.97 Å². The molecule has 7 heteroatoms. The Kier molecular flexibility index (Phi) is 5.15. The van der Waals surface area contributed by atoms with E-state index in [0.717, 1.165) is 36.8 Å². The number of hydrogen-bond acceptors (Lipinski definition) is 4. The molecule has 0 spiro atoms. The third-order valence-corrected chi connectivity index (χ3v) is 6.16. The van der Waals surface area contributed by atoms with Crippen molar-refractivity contribution in [2.45, 2.75) is 38.5 Å². The summed E-state index contributed by atoms with van der Waals surface area (Å²) in [6.07, 6.45) is 4.83. The number of fused-ring (bicyclic) bond motifs is 1. The topological polar surface area (TPSA) is 86.4 Å². The second-order valence-electron chi connectivity index (χ2n) is 7.87. The largest absolute Gasteiger partial charge is 0.343 e. The fourth-order valence-corrected chi connectivity index (χ4v) is 4.45. The predicted octanol–water partition coefficient (Wildman–Crippen LogP) is 1.89. The summed E-state index contributed by atoms with van der Waals surface area (Å²) in [5, 5.41) is 0.858. The number of nitrogens with zero attached hydrogens (tertiary/aromatic N) is 3. The van der Waals surface area contributed by atoms with Crippen molar-refractivity contribution in [1.29, 1.82) is 0 Å². The van der Waals surface area contributed by atoms with Gasteiger partial charge in [-0.1, -0.05) is 6.07 Å². The molecule has 2 aliphatic heterocycles. The highest BCUT2D eigenvalue weighted by Gasteiger charge is 2.32. The lowest BCUT2D eigenvalue weighted by Crippen LogP contribution is -2.46. The van der Waals surface area contributed by atoms with Gasteiger partial charge in [0.25, 0.3) is 5.56 Å². The Hall–Kier alpha value is -2.70. The number of amides is 2. The third kappa shape index (κ3) is 3.66. The monoisotopic (exact) mass is 382 g/mol. The maximum absolute atomic E-state index is 12.9. The highest BCUT2D eigenvalue weighted by Crippen LogP contribution is 2.29. The second-order valence-corrected chi connectivity index (χ2v) is 7.87. The van der Waals surface area contributed by atoms with Crippen LogP contribution < -0.4 is 5.56 Å². The number of hydrogen-bond donors (Lipinski definition) is 1. The molecule has 2 amide bonds. The summed E-state index contributed by atoms with van der Waals surface area (Å²) in [5.41, 5.74) is 1.26. The Morgan fingerprint density at radius 1 is 1.07 bits per heavy atom. The standard InChI is InChI=1S/C21H26N4O3/c1-14(26)24-9-6-16(7-10-24)21(28)25-11-4-15(5-12-25)18-13-17-3-2-8-22-19(17)20(27)23-18/h2-3,8,13,15-16H,4-7,9-12H2,1H3,(H,23,27). The summed E-state index contributed by atoms with van der Waals surface area (Å²) in [7, 11) is 0. The molecule has 2 saturated heterocycles. The molecule has 28 heavy (non-hydrogen) atoms. The number of carbonyl (C=O) groups is 2. The summed E-state index contributed by atoms with van der Waals surface area (Å²) in [6, 6.07) is 5.76. The average molecular weight is 382 g/mol. The summed E-state index contributed by atoms with van der Waals surface area (Å²) in [5.74, 6) is 0.587. The minimum absolute atomic E-state index is 0.0266. The van der Waals surface area contributed by atoms with Crippen LogP contribution in [0.15, 0.2) is 29.2 Å². The molecule has 2 aromatic heterocycles. The van der Waals surface area contributed by atoms with Crippen LogP contribution in [0.3, 0.4) is 0 Å². The van der Waals surface area contributed by atoms with Crippen molar-refractivity contribution in [3.63, 3.8) is 0 Å². The number of rotatable bonds is 2. The van der Waals surface area contributed by atoms with Crippen LogP contribution in [0.5, 0.6) is 0 Å². The van der Waals surface area contributed by atoms with Gasteiger partial charge in [0, 0.05) is 62.2 Å². The van der Waals surface area contributed by atoms with Gasteiger partial charge in [0.2, 0.25) is 11.8 Å². The van der Waals surface area contributed by atoms with E-state index in [1.807, 2.05) is 28.0 Å². The Bertz CT molecular complexity index is 938. The number of pyridine rings is 2. The van der Waals surface area contributed by atoms with Crippen molar-refractivity contribution in [2.75, 3.05) is 26.2 Å². The molecule has 0 bridgehead atoms.